The van der Waals surface area contributed by atoms with Crippen LogP contribution >= 0.6 is 11.8 Å². The van der Waals surface area contributed by atoms with Gasteiger partial charge in [-0.15, -0.1) is 11.8 Å². The van der Waals surface area contributed by atoms with E-state index in [1.165, 1.54) is 11.8 Å². The first-order valence-electron chi connectivity index (χ1n) is 6.82. The Morgan fingerprint density at radius 3 is 2.55 bits per heavy atom. The Morgan fingerprint density at radius 2 is 2.00 bits per heavy atom. The molecule has 1 amide bonds. The molecule has 2 rings (SSSR count). The van der Waals surface area contributed by atoms with Gasteiger partial charge in [0.2, 0.25) is 5.91 Å². The number of thioether (sulfide) groups is 1. The van der Waals surface area contributed by atoms with Crippen molar-refractivity contribution in [2.24, 2.45) is 0 Å². The lowest BCUT2D eigenvalue weighted by Gasteiger charge is -2.29. The van der Waals surface area contributed by atoms with Crippen molar-refractivity contribution in [3.05, 3.63) is 29.8 Å². The van der Waals surface area contributed by atoms with Gasteiger partial charge < -0.3 is 10.4 Å². The minimum absolute atomic E-state index is 0.183. The zero-order valence-electron chi connectivity index (χ0n) is 11.7. The van der Waals surface area contributed by atoms with Crippen LogP contribution in [0.1, 0.15) is 32.3 Å². The molecule has 1 heterocycles. The van der Waals surface area contributed by atoms with Gasteiger partial charge in [0.15, 0.2) is 0 Å². The zero-order chi connectivity index (χ0) is 14.8. The number of fused-ring (bicyclic) bond motifs is 1. The third kappa shape index (κ3) is 2.68. The van der Waals surface area contributed by atoms with Gasteiger partial charge in [-0.2, -0.15) is 0 Å². The summed E-state index contributed by atoms with van der Waals surface area (Å²) in [6.45, 7) is 3.57. The second-order valence-corrected chi connectivity index (χ2v) is 6.25. The predicted molar refractivity (Wildman–Crippen MR) is 78.9 cm³/mol. The molecule has 0 saturated heterocycles. The van der Waals surface area contributed by atoms with Crippen molar-refractivity contribution in [1.82, 2.24) is 5.32 Å². The number of carboxylic acid groups (broad SMARTS) is 1. The number of nitrogens with one attached hydrogen (secondary N) is 1. The van der Waals surface area contributed by atoms with E-state index in [0.717, 1.165) is 10.5 Å². The zero-order valence-corrected chi connectivity index (χ0v) is 12.5. The maximum Gasteiger partial charge on any atom is 0.329 e. The molecule has 0 spiro atoms. The highest BCUT2D eigenvalue weighted by atomic mass is 32.2. The largest absolute Gasteiger partial charge is 0.480 e. The lowest BCUT2D eigenvalue weighted by molar-refractivity contribution is -0.148. The summed E-state index contributed by atoms with van der Waals surface area (Å²) in [4.78, 5) is 24.9. The van der Waals surface area contributed by atoms with E-state index in [1.807, 2.05) is 24.3 Å². The van der Waals surface area contributed by atoms with Gasteiger partial charge in [-0.3, -0.25) is 4.79 Å². The van der Waals surface area contributed by atoms with Crippen LogP contribution in [0.3, 0.4) is 0 Å². The van der Waals surface area contributed by atoms with Gasteiger partial charge in [0, 0.05) is 4.90 Å². The third-order valence-corrected chi connectivity index (χ3v) is 5.24. The van der Waals surface area contributed by atoms with Gasteiger partial charge in [0.05, 0.1) is 5.25 Å². The Labute approximate surface area is 123 Å². The second-order valence-electron chi connectivity index (χ2n) is 5.00. The van der Waals surface area contributed by atoms with Gasteiger partial charge in [0.25, 0.3) is 0 Å². The number of aliphatic carboxylic acids is 1. The Hall–Kier alpha value is -1.49. The molecule has 0 fully saturated rings. The molecule has 0 bridgehead atoms. The van der Waals surface area contributed by atoms with E-state index in [9.17, 15) is 14.7 Å². The molecule has 1 aliphatic rings. The highest BCUT2D eigenvalue weighted by Gasteiger charge is 2.39. The van der Waals surface area contributed by atoms with Crippen molar-refractivity contribution in [3.8, 4) is 0 Å². The number of hydrogen-bond donors (Lipinski definition) is 2. The first-order valence-corrected chi connectivity index (χ1v) is 7.70. The number of rotatable bonds is 5. The molecule has 1 aromatic rings. The molecule has 0 radical (unpaired) electrons. The maximum atomic E-state index is 12.4. The van der Waals surface area contributed by atoms with Crippen molar-refractivity contribution in [1.29, 1.82) is 0 Å². The second kappa shape index (κ2) is 5.87. The smallest absolute Gasteiger partial charge is 0.329 e. The number of carbonyl (C=O) groups is 2. The minimum Gasteiger partial charge on any atom is -0.480 e. The molecule has 20 heavy (non-hydrogen) atoms. The Bertz CT molecular complexity index is 501. The Morgan fingerprint density at radius 1 is 1.35 bits per heavy atom. The van der Waals surface area contributed by atoms with E-state index in [4.69, 9.17) is 0 Å². The number of amides is 1. The standard InChI is InChI=1S/C15H19NO3S/c1-3-15(4-2,14(18)19)16-13(17)12-9-10-7-5-6-8-11(10)20-12/h5-8,12H,3-4,9H2,1-2H3,(H,16,17)(H,18,19). The van der Waals surface area contributed by atoms with Crippen LogP contribution in [0, 0.1) is 0 Å². The van der Waals surface area contributed by atoms with Crippen molar-refractivity contribution < 1.29 is 14.7 Å². The molecule has 108 valence electrons. The molecule has 2 N–H and O–H groups in total. The summed E-state index contributed by atoms with van der Waals surface area (Å²) in [6.07, 6.45) is 1.43. The topological polar surface area (TPSA) is 66.4 Å². The number of benzene rings is 1. The molecule has 0 aromatic heterocycles. The fourth-order valence-electron chi connectivity index (χ4n) is 2.43. The summed E-state index contributed by atoms with van der Waals surface area (Å²) in [5.41, 5.74) is 0.0125. The van der Waals surface area contributed by atoms with E-state index >= 15 is 0 Å². The summed E-state index contributed by atoms with van der Waals surface area (Å²) in [5.74, 6) is -1.14. The molecular formula is C15H19NO3S. The van der Waals surface area contributed by atoms with Crippen LogP contribution in [-0.2, 0) is 16.0 Å². The van der Waals surface area contributed by atoms with Gasteiger partial charge in [-0.1, -0.05) is 32.0 Å². The van der Waals surface area contributed by atoms with Crippen molar-refractivity contribution in [3.63, 3.8) is 0 Å². The van der Waals surface area contributed by atoms with Crippen molar-refractivity contribution in [2.75, 3.05) is 0 Å². The molecule has 1 atom stereocenters. The fourth-order valence-corrected chi connectivity index (χ4v) is 3.62. The van der Waals surface area contributed by atoms with Gasteiger partial charge in [-0.05, 0) is 30.9 Å². The van der Waals surface area contributed by atoms with Crippen molar-refractivity contribution >= 4 is 23.6 Å². The summed E-state index contributed by atoms with van der Waals surface area (Å²) >= 11 is 1.51. The number of carbonyl (C=O) groups excluding carboxylic acids is 1. The molecule has 1 unspecified atom stereocenters. The maximum absolute atomic E-state index is 12.4. The van der Waals surface area contributed by atoms with Gasteiger partial charge in [0.1, 0.15) is 5.54 Å². The summed E-state index contributed by atoms with van der Waals surface area (Å²) in [7, 11) is 0. The average Bonchev–Trinajstić information content (AvgIpc) is 2.88. The summed E-state index contributed by atoms with van der Waals surface area (Å²) in [6, 6.07) is 7.92. The Balaban J connectivity index is 2.09. The van der Waals surface area contributed by atoms with Crippen LogP contribution in [0.4, 0.5) is 0 Å². The van der Waals surface area contributed by atoms with Gasteiger partial charge in [-0.25, -0.2) is 4.79 Å². The van der Waals surface area contributed by atoms with Gasteiger partial charge >= 0.3 is 5.97 Å². The van der Waals surface area contributed by atoms with Crippen molar-refractivity contribution in [2.45, 2.75) is 48.8 Å². The van der Waals surface area contributed by atoms with E-state index < -0.39 is 11.5 Å². The quantitative estimate of drug-likeness (QED) is 0.875. The first kappa shape index (κ1) is 14.9. The van der Waals surface area contributed by atoms with E-state index in [2.05, 4.69) is 5.32 Å². The molecule has 5 heteroatoms. The molecule has 1 aromatic carbocycles. The van der Waals surface area contributed by atoms with E-state index in [1.54, 1.807) is 13.8 Å². The van der Waals surface area contributed by atoms with Crippen LogP contribution in [0.5, 0.6) is 0 Å². The minimum atomic E-state index is -1.15. The first-order chi connectivity index (χ1) is 9.52. The highest BCUT2D eigenvalue weighted by molar-refractivity contribution is 8.01. The predicted octanol–water partition coefficient (Wildman–Crippen LogP) is 2.46. The van der Waals surface area contributed by atoms with Crippen LogP contribution in [0.15, 0.2) is 29.2 Å². The molecule has 0 saturated carbocycles. The lowest BCUT2D eigenvalue weighted by Crippen LogP contribution is -2.55. The van der Waals surface area contributed by atoms with Crippen LogP contribution in [0.25, 0.3) is 0 Å². The summed E-state index contributed by atoms with van der Waals surface area (Å²) in [5, 5.41) is 11.9. The van der Waals surface area contributed by atoms with Crippen LogP contribution in [-0.4, -0.2) is 27.8 Å². The molecule has 1 aliphatic heterocycles. The summed E-state index contributed by atoms with van der Waals surface area (Å²) < 4.78 is 0. The number of carboxylic acids is 1. The van der Waals surface area contributed by atoms with Crippen LogP contribution < -0.4 is 5.32 Å². The lowest BCUT2D eigenvalue weighted by atomic mass is 9.92. The van der Waals surface area contributed by atoms with Crippen LogP contribution in [0.2, 0.25) is 0 Å². The third-order valence-electron chi connectivity index (χ3n) is 3.92. The monoisotopic (exact) mass is 293 g/mol. The number of hydrogen-bond acceptors (Lipinski definition) is 3. The molecular weight excluding hydrogens is 274 g/mol. The highest BCUT2D eigenvalue weighted by Crippen LogP contribution is 2.37. The molecule has 4 nitrogen and oxygen atoms in total. The molecule has 0 aliphatic carbocycles. The average molecular weight is 293 g/mol. The SMILES string of the molecule is CCC(CC)(NC(=O)C1Cc2ccccc2S1)C(=O)O. The van der Waals surface area contributed by atoms with E-state index in [-0.39, 0.29) is 11.2 Å². The normalized spacial score (nSPS) is 17.6. The van der Waals surface area contributed by atoms with E-state index in [0.29, 0.717) is 19.3 Å². The fraction of sp³-hybridized carbons (Fsp3) is 0.467. The Kier molecular flexibility index (Phi) is 4.38.